The standard InChI is InChI=1S/C14H21O/c1-4-5-6-8-12(2)13-9-7-10-14(11-13)15-3/h7,10-12H,4-6,8H2,1-3H3. The van der Waals surface area contributed by atoms with E-state index in [-0.39, 0.29) is 0 Å². The van der Waals surface area contributed by atoms with Crippen LogP contribution < -0.4 is 4.74 Å². The molecule has 0 aliphatic heterocycles. The second-order valence-corrected chi connectivity index (χ2v) is 4.08. The van der Waals surface area contributed by atoms with Crippen molar-refractivity contribution in [3.8, 4) is 5.75 Å². The van der Waals surface area contributed by atoms with Crippen molar-refractivity contribution in [2.45, 2.75) is 45.4 Å². The van der Waals surface area contributed by atoms with Crippen molar-refractivity contribution in [2.75, 3.05) is 7.11 Å². The Labute approximate surface area is 93.5 Å². The molecule has 0 aliphatic rings. The molecule has 15 heavy (non-hydrogen) atoms. The molecule has 0 amide bonds. The molecule has 0 saturated heterocycles. The molecule has 1 aromatic rings. The van der Waals surface area contributed by atoms with E-state index in [0.29, 0.717) is 5.92 Å². The monoisotopic (exact) mass is 205 g/mol. The van der Waals surface area contributed by atoms with Crippen LogP contribution in [0, 0.1) is 6.07 Å². The quantitative estimate of drug-likeness (QED) is 0.633. The summed E-state index contributed by atoms with van der Waals surface area (Å²) in [4.78, 5) is 0. The van der Waals surface area contributed by atoms with E-state index < -0.39 is 0 Å². The third kappa shape index (κ3) is 3.94. The Morgan fingerprint density at radius 1 is 1.40 bits per heavy atom. The van der Waals surface area contributed by atoms with E-state index >= 15 is 0 Å². The number of ether oxygens (including phenoxy) is 1. The summed E-state index contributed by atoms with van der Waals surface area (Å²) >= 11 is 0. The molecule has 0 saturated carbocycles. The van der Waals surface area contributed by atoms with Crippen molar-refractivity contribution in [2.24, 2.45) is 0 Å². The first-order valence-electron chi connectivity index (χ1n) is 5.83. The van der Waals surface area contributed by atoms with Crippen LogP contribution in [0.15, 0.2) is 18.2 Å². The van der Waals surface area contributed by atoms with E-state index in [2.05, 4.69) is 26.0 Å². The highest BCUT2D eigenvalue weighted by Gasteiger charge is 2.06. The molecular formula is C14H21O. The maximum Gasteiger partial charge on any atom is 0.119 e. The molecule has 0 N–H and O–H groups in total. The van der Waals surface area contributed by atoms with Crippen LogP contribution in [0.5, 0.6) is 5.75 Å². The van der Waals surface area contributed by atoms with E-state index in [1.54, 1.807) is 7.11 Å². The van der Waals surface area contributed by atoms with Crippen LogP contribution in [0.1, 0.15) is 51.0 Å². The van der Waals surface area contributed by atoms with Gasteiger partial charge in [0.15, 0.2) is 0 Å². The molecular weight excluding hydrogens is 184 g/mol. The lowest BCUT2D eigenvalue weighted by atomic mass is 9.95. The van der Waals surface area contributed by atoms with Crippen molar-refractivity contribution >= 4 is 0 Å². The van der Waals surface area contributed by atoms with E-state index in [9.17, 15) is 0 Å². The fraction of sp³-hybridized carbons (Fsp3) is 0.571. The van der Waals surface area contributed by atoms with Crippen molar-refractivity contribution < 1.29 is 4.74 Å². The van der Waals surface area contributed by atoms with E-state index in [1.807, 2.05) is 12.1 Å². The number of hydrogen-bond acceptors (Lipinski definition) is 1. The van der Waals surface area contributed by atoms with Gasteiger partial charge in [-0.1, -0.05) is 39.2 Å². The van der Waals surface area contributed by atoms with Gasteiger partial charge in [-0.15, -0.1) is 0 Å². The predicted molar refractivity (Wildman–Crippen MR) is 64.4 cm³/mol. The largest absolute Gasteiger partial charge is 0.497 e. The van der Waals surface area contributed by atoms with Crippen molar-refractivity contribution in [3.05, 3.63) is 29.8 Å². The molecule has 0 aromatic heterocycles. The summed E-state index contributed by atoms with van der Waals surface area (Å²) in [6.45, 7) is 4.50. The Kier molecular flexibility index (Phi) is 5.23. The van der Waals surface area contributed by atoms with Gasteiger partial charge in [0.05, 0.1) is 7.11 Å². The van der Waals surface area contributed by atoms with E-state index in [4.69, 9.17) is 4.74 Å². The number of methoxy groups -OCH3 is 1. The van der Waals surface area contributed by atoms with Crippen LogP contribution in [-0.2, 0) is 0 Å². The van der Waals surface area contributed by atoms with Crippen LogP contribution in [-0.4, -0.2) is 7.11 Å². The minimum Gasteiger partial charge on any atom is -0.497 e. The summed E-state index contributed by atoms with van der Waals surface area (Å²) < 4.78 is 5.21. The normalized spacial score (nSPS) is 12.5. The van der Waals surface area contributed by atoms with Gasteiger partial charge in [-0.2, -0.15) is 0 Å². The van der Waals surface area contributed by atoms with Gasteiger partial charge in [-0.05, 0) is 36.1 Å². The van der Waals surface area contributed by atoms with Crippen LogP contribution >= 0.6 is 0 Å². The Morgan fingerprint density at radius 3 is 2.87 bits per heavy atom. The minimum absolute atomic E-state index is 0.589. The summed E-state index contributed by atoms with van der Waals surface area (Å²) in [5, 5.41) is 0. The highest BCUT2D eigenvalue weighted by atomic mass is 16.5. The molecule has 1 unspecified atom stereocenters. The molecule has 1 radical (unpaired) electrons. The zero-order chi connectivity index (χ0) is 11.1. The first-order valence-corrected chi connectivity index (χ1v) is 5.83. The maximum atomic E-state index is 5.21. The second-order valence-electron chi connectivity index (χ2n) is 4.08. The molecule has 0 spiro atoms. The predicted octanol–water partition coefficient (Wildman–Crippen LogP) is 4.18. The Bertz CT molecular complexity index is 280. The number of hydrogen-bond donors (Lipinski definition) is 0. The van der Waals surface area contributed by atoms with E-state index in [0.717, 1.165) is 5.75 Å². The highest BCUT2D eigenvalue weighted by molar-refractivity contribution is 5.29. The number of unbranched alkanes of at least 4 members (excludes halogenated alkanes) is 2. The van der Waals surface area contributed by atoms with Gasteiger partial charge in [0.2, 0.25) is 0 Å². The van der Waals surface area contributed by atoms with Gasteiger partial charge in [0.1, 0.15) is 5.75 Å². The number of rotatable bonds is 6. The molecule has 1 nitrogen and oxygen atoms in total. The summed E-state index contributed by atoms with van der Waals surface area (Å²) in [5.74, 6) is 1.53. The zero-order valence-corrected chi connectivity index (χ0v) is 10.0. The molecule has 0 bridgehead atoms. The minimum atomic E-state index is 0.589. The molecule has 1 atom stereocenters. The molecule has 83 valence electrons. The maximum absolute atomic E-state index is 5.21. The van der Waals surface area contributed by atoms with Crippen LogP contribution in [0.4, 0.5) is 0 Å². The molecule has 0 fully saturated rings. The summed E-state index contributed by atoms with van der Waals surface area (Å²) in [6.07, 6.45) is 5.17. The fourth-order valence-electron chi connectivity index (χ4n) is 1.73. The number of benzene rings is 1. The Morgan fingerprint density at radius 2 is 2.20 bits per heavy atom. The average Bonchev–Trinajstić information content (AvgIpc) is 2.29. The third-order valence-electron chi connectivity index (χ3n) is 2.80. The average molecular weight is 205 g/mol. The van der Waals surface area contributed by atoms with E-state index in [1.165, 1.54) is 31.2 Å². The zero-order valence-electron chi connectivity index (χ0n) is 10.0. The molecule has 1 aromatic carbocycles. The van der Waals surface area contributed by atoms with Gasteiger partial charge < -0.3 is 4.74 Å². The van der Waals surface area contributed by atoms with Gasteiger partial charge in [-0.25, -0.2) is 0 Å². The third-order valence-corrected chi connectivity index (χ3v) is 2.80. The first kappa shape index (κ1) is 12.1. The fourth-order valence-corrected chi connectivity index (χ4v) is 1.73. The lowest BCUT2D eigenvalue weighted by Crippen LogP contribution is -1.95. The van der Waals surface area contributed by atoms with Crippen LogP contribution in [0.3, 0.4) is 0 Å². The molecule has 0 aliphatic carbocycles. The van der Waals surface area contributed by atoms with Crippen molar-refractivity contribution in [1.82, 2.24) is 0 Å². The molecule has 1 heteroatoms. The lowest BCUT2D eigenvalue weighted by Gasteiger charge is -2.12. The summed E-state index contributed by atoms with van der Waals surface area (Å²) in [7, 11) is 1.71. The first-order chi connectivity index (χ1) is 7.27. The van der Waals surface area contributed by atoms with Crippen LogP contribution in [0.2, 0.25) is 0 Å². The smallest absolute Gasteiger partial charge is 0.119 e. The summed E-state index contributed by atoms with van der Waals surface area (Å²) in [6, 6.07) is 9.28. The lowest BCUT2D eigenvalue weighted by molar-refractivity contribution is 0.413. The summed E-state index contributed by atoms with van der Waals surface area (Å²) in [5.41, 5.74) is 1.27. The molecule has 0 heterocycles. The Hall–Kier alpha value is -0.980. The van der Waals surface area contributed by atoms with Crippen molar-refractivity contribution in [1.29, 1.82) is 0 Å². The van der Waals surface area contributed by atoms with Crippen molar-refractivity contribution in [3.63, 3.8) is 0 Å². The second kappa shape index (κ2) is 6.49. The van der Waals surface area contributed by atoms with Gasteiger partial charge in [0.25, 0.3) is 0 Å². The highest BCUT2D eigenvalue weighted by Crippen LogP contribution is 2.24. The van der Waals surface area contributed by atoms with Gasteiger partial charge in [0, 0.05) is 0 Å². The van der Waals surface area contributed by atoms with Gasteiger partial charge >= 0.3 is 0 Å². The SMILES string of the molecule is CCCCCC(C)c1[c]ccc(OC)c1. The topological polar surface area (TPSA) is 9.23 Å². The van der Waals surface area contributed by atoms with Gasteiger partial charge in [-0.3, -0.25) is 0 Å². The Balaban J connectivity index is 2.52. The van der Waals surface area contributed by atoms with Crippen LogP contribution in [0.25, 0.3) is 0 Å². The molecule has 1 rings (SSSR count).